The highest BCUT2D eigenvalue weighted by Gasteiger charge is 2.34. The second-order valence-electron chi connectivity index (χ2n) is 8.33. The number of nitrogens with zero attached hydrogens (tertiary/aromatic N) is 2. The molecule has 1 atom stereocenters. The molecule has 3 heterocycles. The Hall–Kier alpha value is -4.01. The molecule has 186 valence electrons. The fourth-order valence-electron chi connectivity index (χ4n) is 4.07. The number of aromatic nitrogens is 1. The summed E-state index contributed by atoms with van der Waals surface area (Å²) < 4.78 is 13.4. The molecule has 1 aliphatic rings. The van der Waals surface area contributed by atoms with Gasteiger partial charge in [-0.1, -0.05) is 72.5 Å². The van der Waals surface area contributed by atoms with Crippen molar-refractivity contribution in [2.45, 2.75) is 19.6 Å². The predicted molar refractivity (Wildman–Crippen MR) is 146 cm³/mol. The van der Waals surface area contributed by atoms with Crippen LogP contribution in [0.5, 0.6) is 5.75 Å². The van der Waals surface area contributed by atoms with Gasteiger partial charge in [0, 0.05) is 4.88 Å². The van der Waals surface area contributed by atoms with Crippen LogP contribution < -0.4 is 19.6 Å². The van der Waals surface area contributed by atoms with Crippen molar-refractivity contribution in [2.75, 3.05) is 6.61 Å². The van der Waals surface area contributed by atoms with E-state index >= 15 is 0 Å². The van der Waals surface area contributed by atoms with Crippen LogP contribution in [0.4, 0.5) is 0 Å². The Labute approximate surface area is 221 Å². The molecular weight excluding hydrogens is 504 g/mol. The molecule has 0 saturated carbocycles. The van der Waals surface area contributed by atoms with Crippen LogP contribution in [0, 0.1) is 0 Å². The minimum absolute atomic E-state index is 0.143. The van der Waals surface area contributed by atoms with Crippen LogP contribution in [0.25, 0.3) is 6.08 Å². The van der Waals surface area contributed by atoms with Gasteiger partial charge in [0.15, 0.2) is 4.80 Å². The van der Waals surface area contributed by atoms with Gasteiger partial charge in [-0.2, -0.15) is 0 Å². The molecule has 0 amide bonds. The topological polar surface area (TPSA) is 69.9 Å². The van der Waals surface area contributed by atoms with Crippen LogP contribution in [-0.4, -0.2) is 17.1 Å². The van der Waals surface area contributed by atoms with Gasteiger partial charge in [0.2, 0.25) is 0 Å². The number of allylic oxidation sites excluding steroid dienone is 1. The number of thiophene rings is 1. The van der Waals surface area contributed by atoms with Crippen molar-refractivity contribution >= 4 is 34.7 Å². The van der Waals surface area contributed by atoms with Crippen LogP contribution in [0.1, 0.15) is 29.0 Å². The van der Waals surface area contributed by atoms with Gasteiger partial charge in [-0.05, 0) is 47.7 Å². The maximum atomic E-state index is 13.7. The zero-order valence-electron chi connectivity index (χ0n) is 20.1. The largest absolute Gasteiger partial charge is 0.490 e. The average molecular weight is 529 g/mol. The Kier molecular flexibility index (Phi) is 7.30. The highest BCUT2D eigenvalue weighted by molar-refractivity contribution is 7.10. The molecule has 37 heavy (non-hydrogen) atoms. The van der Waals surface area contributed by atoms with Crippen LogP contribution in [-0.2, 0) is 16.1 Å². The quantitative estimate of drug-likeness (QED) is 0.248. The number of hydrogen-bond donors (Lipinski definition) is 0. The average Bonchev–Trinajstić information content (AvgIpc) is 3.55. The minimum atomic E-state index is -0.601. The molecular formula is C29H24N2O4S2. The van der Waals surface area contributed by atoms with Crippen LogP contribution in [0.15, 0.2) is 106 Å². The molecule has 6 nitrogen and oxygen atoms in total. The van der Waals surface area contributed by atoms with E-state index in [1.54, 1.807) is 17.6 Å². The van der Waals surface area contributed by atoms with Gasteiger partial charge < -0.3 is 9.47 Å². The van der Waals surface area contributed by atoms with E-state index in [0.29, 0.717) is 27.2 Å². The summed E-state index contributed by atoms with van der Waals surface area (Å²) in [5.74, 6) is 0.249. The van der Waals surface area contributed by atoms with Crippen molar-refractivity contribution in [3.05, 3.63) is 132 Å². The first kappa shape index (κ1) is 24.7. The van der Waals surface area contributed by atoms with E-state index in [2.05, 4.69) is 11.6 Å². The Morgan fingerprint density at radius 3 is 2.59 bits per heavy atom. The molecule has 2 aromatic heterocycles. The number of benzene rings is 2. The number of ether oxygens (including phenoxy) is 2. The van der Waals surface area contributed by atoms with Gasteiger partial charge in [-0.25, -0.2) is 9.79 Å². The van der Waals surface area contributed by atoms with E-state index < -0.39 is 12.0 Å². The number of carbonyl (C=O) groups is 1. The van der Waals surface area contributed by atoms with Gasteiger partial charge >= 0.3 is 5.97 Å². The SMILES string of the molecule is C=CCOc1ccc(/C=c2/sc3n(c2=O)C(c2cccs2)C(C(=O)OCc2ccccc2)=C(C)N=3)cc1. The Bertz CT molecular complexity index is 1630. The summed E-state index contributed by atoms with van der Waals surface area (Å²) in [4.78, 5) is 33.1. The second kappa shape index (κ2) is 10.9. The zero-order valence-corrected chi connectivity index (χ0v) is 21.8. The van der Waals surface area contributed by atoms with Crippen molar-refractivity contribution in [1.29, 1.82) is 0 Å². The predicted octanol–water partition coefficient (Wildman–Crippen LogP) is 4.60. The summed E-state index contributed by atoms with van der Waals surface area (Å²) in [6, 6.07) is 20.2. The third kappa shape index (κ3) is 5.26. The molecule has 0 aliphatic carbocycles. The highest BCUT2D eigenvalue weighted by Crippen LogP contribution is 2.33. The van der Waals surface area contributed by atoms with Gasteiger partial charge in [0.1, 0.15) is 25.0 Å². The molecule has 0 N–H and O–H groups in total. The molecule has 1 unspecified atom stereocenters. The van der Waals surface area contributed by atoms with Crippen molar-refractivity contribution in [1.82, 2.24) is 4.57 Å². The summed E-state index contributed by atoms with van der Waals surface area (Å²) in [7, 11) is 0. The lowest BCUT2D eigenvalue weighted by molar-refractivity contribution is -0.140. The van der Waals surface area contributed by atoms with Gasteiger partial charge in [-0.15, -0.1) is 11.3 Å². The number of esters is 1. The minimum Gasteiger partial charge on any atom is -0.490 e. The smallest absolute Gasteiger partial charge is 0.338 e. The van der Waals surface area contributed by atoms with Gasteiger partial charge in [0.05, 0.1) is 15.8 Å². The summed E-state index contributed by atoms with van der Waals surface area (Å²) in [6.45, 7) is 6.01. The lowest BCUT2D eigenvalue weighted by Gasteiger charge is -2.23. The van der Waals surface area contributed by atoms with Gasteiger partial charge in [-0.3, -0.25) is 9.36 Å². The Balaban J connectivity index is 1.52. The standard InChI is InChI=1S/C29H24N2O4S2/c1-3-15-34-22-13-11-20(12-14-22)17-24-27(32)31-26(23-10-7-16-36-23)25(19(2)30-29(31)37-24)28(33)35-18-21-8-5-4-6-9-21/h3-14,16-17,26H,1,15,18H2,2H3/b24-17+. The fraction of sp³-hybridized carbons (Fsp3) is 0.138. The van der Waals surface area contributed by atoms with Crippen LogP contribution in [0.3, 0.4) is 0 Å². The number of thiazole rings is 1. The fourth-order valence-corrected chi connectivity index (χ4v) is 5.94. The lowest BCUT2D eigenvalue weighted by Crippen LogP contribution is -2.39. The molecule has 2 aromatic carbocycles. The highest BCUT2D eigenvalue weighted by atomic mass is 32.1. The number of fused-ring (bicyclic) bond motifs is 1. The van der Waals surface area contributed by atoms with E-state index in [-0.39, 0.29) is 12.2 Å². The number of hydrogen-bond acceptors (Lipinski definition) is 7. The summed E-state index contributed by atoms with van der Waals surface area (Å²) >= 11 is 2.80. The summed E-state index contributed by atoms with van der Waals surface area (Å²) in [5.41, 5.74) is 2.48. The molecule has 0 saturated heterocycles. The molecule has 5 rings (SSSR count). The van der Waals surface area contributed by atoms with Crippen LogP contribution in [0.2, 0.25) is 0 Å². The van der Waals surface area contributed by atoms with E-state index in [1.807, 2.05) is 78.2 Å². The zero-order chi connectivity index (χ0) is 25.8. The molecule has 0 fully saturated rings. The number of rotatable bonds is 8. The molecule has 0 spiro atoms. The third-order valence-corrected chi connectivity index (χ3v) is 7.72. The van der Waals surface area contributed by atoms with E-state index in [4.69, 9.17) is 9.47 Å². The van der Waals surface area contributed by atoms with Crippen LogP contribution >= 0.6 is 22.7 Å². The van der Waals surface area contributed by atoms with Crippen molar-refractivity contribution in [3.63, 3.8) is 0 Å². The first-order chi connectivity index (χ1) is 18.0. The first-order valence-electron chi connectivity index (χ1n) is 11.7. The molecule has 0 radical (unpaired) electrons. The molecule has 1 aliphatic heterocycles. The first-order valence-corrected chi connectivity index (χ1v) is 13.4. The maximum absolute atomic E-state index is 13.7. The molecule has 0 bridgehead atoms. The second-order valence-corrected chi connectivity index (χ2v) is 10.3. The van der Waals surface area contributed by atoms with E-state index in [0.717, 1.165) is 21.8 Å². The normalized spacial score (nSPS) is 15.2. The Morgan fingerprint density at radius 1 is 1.11 bits per heavy atom. The monoisotopic (exact) mass is 528 g/mol. The van der Waals surface area contributed by atoms with E-state index in [1.165, 1.54) is 22.7 Å². The Morgan fingerprint density at radius 2 is 1.89 bits per heavy atom. The summed E-state index contributed by atoms with van der Waals surface area (Å²) in [5, 5.41) is 1.93. The van der Waals surface area contributed by atoms with Crippen molar-refractivity contribution in [3.8, 4) is 5.75 Å². The van der Waals surface area contributed by atoms with E-state index in [9.17, 15) is 9.59 Å². The third-order valence-electron chi connectivity index (χ3n) is 5.81. The molecule has 8 heteroatoms. The lowest BCUT2D eigenvalue weighted by atomic mass is 10.0. The summed E-state index contributed by atoms with van der Waals surface area (Å²) in [6.07, 6.45) is 3.52. The van der Waals surface area contributed by atoms with Crippen molar-refractivity contribution < 1.29 is 14.3 Å². The number of carbonyl (C=O) groups excluding carboxylic acids is 1. The van der Waals surface area contributed by atoms with Crippen molar-refractivity contribution in [2.24, 2.45) is 4.99 Å². The molecule has 4 aromatic rings. The maximum Gasteiger partial charge on any atom is 0.338 e. The van der Waals surface area contributed by atoms with Gasteiger partial charge in [0.25, 0.3) is 5.56 Å².